The van der Waals surface area contributed by atoms with Crippen LogP contribution in [0.4, 0.5) is 0 Å². The fraction of sp³-hybridized carbons (Fsp3) is 0.674. The molecule has 0 amide bonds. The van der Waals surface area contributed by atoms with Gasteiger partial charge in [-0.2, -0.15) is 0 Å². The van der Waals surface area contributed by atoms with Crippen LogP contribution in [-0.4, -0.2) is 95.9 Å². The van der Waals surface area contributed by atoms with Crippen molar-refractivity contribution in [2.75, 3.05) is 39.6 Å². The summed E-state index contributed by atoms with van der Waals surface area (Å²) in [5, 5.41) is 20.7. The average Bonchev–Trinajstić information content (AvgIpc) is 0.927. The number of phosphoric ester groups is 2. The zero-order chi connectivity index (χ0) is 78.0. The first-order valence-electron chi connectivity index (χ1n) is 41.8. The molecule has 0 aliphatic rings. The van der Waals surface area contributed by atoms with E-state index in [1.165, 1.54) is 109 Å². The van der Waals surface area contributed by atoms with Crippen molar-refractivity contribution >= 4 is 33.6 Å². The molecule has 16 nitrogen and oxygen atoms in total. The first kappa shape index (κ1) is 102. The normalized spacial score (nSPS) is 14.7. The summed E-state index contributed by atoms with van der Waals surface area (Å²) in [6, 6.07) is 0. The molecule has 0 saturated heterocycles. The van der Waals surface area contributed by atoms with Gasteiger partial charge in [0.2, 0.25) is 0 Å². The summed E-state index contributed by atoms with van der Waals surface area (Å²) in [5.74, 6) is -1.61. The molecule has 0 fully saturated rings. The number of aliphatic hydroxyl groups is 2. The van der Waals surface area contributed by atoms with Gasteiger partial charge in [0, 0.05) is 19.3 Å². The Balaban J connectivity index is 4.59. The Kier molecular flexibility index (Phi) is 77.0. The Hall–Kier alpha value is -4.83. The van der Waals surface area contributed by atoms with Gasteiger partial charge in [-0.25, -0.2) is 9.13 Å². The van der Waals surface area contributed by atoms with Gasteiger partial charge in [-0.15, -0.1) is 0 Å². The Bertz CT molecular complexity index is 2580. The number of hydrogen-bond acceptors (Lipinski definition) is 14. The lowest BCUT2D eigenvalue weighted by Gasteiger charge is -2.21. The van der Waals surface area contributed by atoms with Crippen molar-refractivity contribution in [3.05, 3.63) is 158 Å². The SMILES string of the molecule is CC/C=C\C/C=C\C/C=C\C/C=C\C/C=C\CCCCCCCCCCCC(=O)OCC(COP(=O)(O)OCC(O)COP(=O)(O)OCC(O)COC(=O)CCCCCCCCCCCCCCC/C=C\C/C=C\C/C=C\C/C=C\CCCCC)OC(=O)CCCCCC/C=C\C/C=C\C/C=C\C/C=C\CC. The highest BCUT2D eigenvalue weighted by molar-refractivity contribution is 7.47. The van der Waals surface area contributed by atoms with Crippen LogP contribution in [0.5, 0.6) is 0 Å². The Morgan fingerprint density at radius 3 is 0.785 bits per heavy atom. The van der Waals surface area contributed by atoms with Gasteiger partial charge in [-0.3, -0.25) is 32.5 Å². The molecule has 4 N–H and O–H groups in total. The largest absolute Gasteiger partial charge is 0.472 e. The van der Waals surface area contributed by atoms with Crippen molar-refractivity contribution < 1.29 is 75.8 Å². The second kappa shape index (κ2) is 80.7. The van der Waals surface area contributed by atoms with Crippen LogP contribution < -0.4 is 0 Å². The molecular weight excluding hydrogens is 1390 g/mol. The maximum Gasteiger partial charge on any atom is 0.472 e. The van der Waals surface area contributed by atoms with Crippen LogP contribution >= 0.6 is 15.6 Å². The topological polar surface area (TPSA) is 231 Å². The Labute approximate surface area is 650 Å². The predicted octanol–water partition coefficient (Wildman–Crippen LogP) is 25.0. The summed E-state index contributed by atoms with van der Waals surface area (Å²) < 4.78 is 61.2. The lowest BCUT2D eigenvalue weighted by atomic mass is 10.0. The fourth-order valence-corrected chi connectivity index (χ4v) is 12.5. The minimum Gasteiger partial charge on any atom is -0.463 e. The third kappa shape index (κ3) is 82.0. The number of rotatable bonds is 78. The van der Waals surface area contributed by atoms with Crippen LogP contribution in [0, 0.1) is 0 Å². The molecule has 0 aliphatic carbocycles. The van der Waals surface area contributed by atoms with Crippen molar-refractivity contribution in [2.45, 2.75) is 347 Å². The first-order valence-corrected chi connectivity index (χ1v) is 44.8. The molecule has 0 saturated carbocycles. The van der Waals surface area contributed by atoms with Crippen LogP contribution in [0.2, 0.25) is 0 Å². The highest BCUT2D eigenvalue weighted by Gasteiger charge is 2.29. The molecule has 0 radical (unpaired) electrons. The number of phosphoric acid groups is 2. The Morgan fingerprint density at radius 1 is 0.271 bits per heavy atom. The third-order valence-electron chi connectivity index (χ3n) is 17.2. The van der Waals surface area contributed by atoms with Crippen LogP contribution in [-0.2, 0) is 55.8 Å². The summed E-state index contributed by atoms with van der Waals surface area (Å²) in [7, 11) is -9.81. The van der Waals surface area contributed by atoms with E-state index in [1.807, 2.05) is 0 Å². The summed E-state index contributed by atoms with van der Waals surface area (Å²) in [6.45, 7) is 2.40. The van der Waals surface area contributed by atoms with E-state index in [-0.39, 0.29) is 19.3 Å². The molecule has 0 aromatic rings. The molecule has 612 valence electrons. The number of carbonyl (C=O) groups excluding carboxylic acids is 3. The van der Waals surface area contributed by atoms with Gasteiger partial charge in [-0.1, -0.05) is 320 Å². The number of hydrogen-bond donors (Lipinski definition) is 4. The van der Waals surface area contributed by atoms with Crippen LogP contribution in [0.15, 0.2) is 158 Å². The number of ether oxygens (including phenoxy) is 3. The van der Waals surface area contributed by atoms with Gasteiger partial charge < -0.3 is 34.2 Å². The number of carbonyl (C=O) groups is 3. The van der Waals surface area contributed by atoms with Crippen molar-refractivity contribution in [1.82, 2.24) is 0 Å². The molecule has 5 unspecified atom stereocenters. The zero-order valence-corrected chi connectivity index (χ0v) is 68.8. The lowest BCUT2D eigenvalue weighted by molar-refractivity contribution is -0.161. The van der Waals surface area contributed by atoms with Crippen LogP contribution in [0.3, 0.4) is 0 Å². The van der Waals surface area contributed by atoms with E-state index in [9.17, 15) is 43.5 Å². The summed E-state index contributed by atoms with van der Waals surface area (Å²) in [6.07, 6.45) is 101. The van der Waals surface area contributed by atoms with Crippen molar-refractivity contribution in [2.24, 2.45) is 0 Å². The maximum atomic E-state index is 13.0. The van der Waals surface area contributed by atoms with Gasteiger partial charge in [0.1, 0.15) is 25.4 Å². The molecule has 18 heteroatoms. The number of esters is 3. The van der Waals surface area contributed by atoms with Gasteiger partial charge in [0.05, 0.1) is 26.4 Å². The van der Waals surface area contributed by atoms with E-state index < -0.39 is 91.5 Å². The van der Waals surface area contributed by atoms with E-state index >= 15 is 0 Å². The third-order valence-corrected chi connectivity index (χ3v) is 19.1. The van der Waals surface area contributed by atoms with E-state index in [1.54, 1.807) is 0 Å². The predicted molar refractivity (Wildman–Crippen MR) is 445 cm³/mol. The smallest absolute Gasteiger partial charge is 0.463 e. The van der Waals surface area contributed by atoms with Crippen LogP contribution in [0.1, 0.15) is 329 Å². The molecule has 0 spiro atoms. The Morgan fingerprint density at radius 2 is 0.495 bits per heavy atom. The number of unbranched alkanes of at least 4 members (excludes halogenated alkanes) is 29. The first-order chi connectivity index (χ1) is 52.2. The summed E-state index contributed by atoms with van der Waals surface area (Å²) in [5.41, 5.74) is 0. The molecule has 0 aliphatic heterocycles. The highest BCUT2D eigenvalue weighted by Crippen LogP contribution is 2.45. The molecule has 0 aromatic heterocycles. The molecule has 0 bridgehead atoms. The van der Waals surface area contributed by atoms with E-state index in [0.717, 1.165) is 161 Å². The minimum atomic E-state index is -4.95. The van der Waals surface area contributed by atoms with Crippen molar-refractivity contribution in [1.29, 1.82) is 0 Å². The monoisotopic (exact) mass is 1540 g/mol. The minimum absolute atomic E-state index is 0.0705. The van der Waals surface area contributed by atoms with E-state index in [2.05, 4.69) is 179 Å². The fourth-order valence-electron chi connectivity index (χ4n) is 10.9. The lowest BCUT2D eigenvalue weighted by Crippen LogP contribution is -2.30. The second-order valence-corrected chi connectivity index (χ2v) is 30.4. The number of allylic oxidation sites excluding steroid dienone is 26. The van der Waals surface area contributed by atoms with Gasteiger partial charge in [0.15, 0.2) is 6.10 Å². The standard InChI is InChI=1S/C89H150O16P2/c1-4-7-10-13-16-19-22-25-28-31-33-35-37-39-40-41-42-44-46-47-49-52-54-57-60-63-66-69-72-75-87(92)99-78-84(90)79-101-106(95,96)102-80-85(91)81-103-107(97,98)104-83-86(105-89(94)77-74-71-68-65-62-59-56-51-30-27-24-21-18-15-12-9-6-3)82-100-88(93)76-73-70-67-64-61-58-55-53-50-48-45-43-38-36-34-32-29-26-23-20-17-14-11-8-5-2/h8-9,11-12,16-21,25-30,33-36,39-40,43,45,56,59,84-86,90-91H,4-7,10,13-15,22-24,31-32,37-38,41-42,44,46-55,57-58,60-83H2,1-3H3,(H,95,96)(H,97,98)/b11-8-,12-9-,19-16-,20-17-,21-18-,28-25-,29-26-,30-27-,35-33-,36-34-,40-39-,45-43-,59-56-. The molecule has 0 rings (SSSR count). The molecule has 107 heavy (non-hydrogen) atoms. The van der Waals surface area contributed by atoms with Crippen molar-refractivity contribution in [3.8, 4) is 0 Å². The zero-order valence-electron chi connectivity index (χ0n) is 67.0. The average molecular weight is 1540 g/mol. The quantitative estimate of drug-likeness (QED) is 0.0146. The van der Waals surface area contributed by atoms with Gasteiger partial charge in [-0.05, 0) is 148 Å². The maximum absolute atomic E-state index is 13.0. The summed E-state index contributed by atoms with van der Waals surface area (Å²) >= 11 is 0. The summed E-state index contributed by atoms with van der Waals surface area (Å²) in [4.78, 5) is 58.8. The molecule has 5 atom stereocenters. The second-order valence-electron chi connectivity index (χ2n) is 27.5. The van der Waals surface area contributed by atoms with Gasteiger partial charge >= 0.3 is 33.6 Å². The molecular formula is C89H150O16P2. The molecule has 0 aromatic carbocycles. The van der Waals surface area contributed by atoms with Gasteiger partial charge in [0.25, 0.3) is 0 Å². The van der Waals surface area contributed by atoms with E-state index in [4.69, 9.17) is 32.3 Å². The van der Waals surface area contributed by atoms with Crippen molar-refractivity contribution in [3.63, 3.8) is 0 Å². The van der Waals surface area contributed by atoms with E-state index in [0.29, 0.717) is 19.3 Å². The van der Waals surface area contributed by atoms with Crippen LogP contribution in [0.25, 0.3) is 0 Å². The number of aliphatic hydroxyl groups excluding tert-OH is 2. The molecule has 0 heterocycles. The highest BCUT2D eigenvalue weighted by atomic mass is 31.2.